The van der Waals surface area contributed by atoms with Gasteiger partial charge in [0.1, 0.15) is 0 Å². The molecule has 2 rings (SSSR count). The summed E-state index contributed by atoms with van der Waals surface area (Å²) in [6.07, 6.45) is 8.37. The predicted octanol–water partition coefficient (Wildman–Crippen LogP) is 3.79. The van der Waals surface area contributed by atoms with Gasteiger partial charge in [0.05, 0.1) is 17.2 Å². The Morgan fingerprint density at radius 1 is 1.27 bits per heavy atom. The van der Waals surface area contributed by atoms with Gasteiger partial charge in [-0.05, 0) is 39.5 Å². The fourth-order valence-electron chi connectivity index (χ4n) is 3.11. The van der Waals surface area contributed by atoms with Crippen molar-refractivity contribution in [2.75, 3.05) is 13.1 Å². The predicted molar refractivity (Wildman–Crippen MR) is 95.6 cm³/mol. The van der Waals surface area contributed by atoms with E-state index in [1.807, 2.05) is 0 Å². The van der Waals surface area contributed by atoms with Crippen LogP contribution in [0.3, 0.4) is 0 Å². The summed E-state index contributed by atoms with van der Waals surface area (Å²) in [5.41, 5.74) is 1.11. The zero-order valence-electron chi connectivity index (χ0n) is 14.2. The molecule has 0 amide bonds. The molecule has 1 aromatic heterocycles. The van der Waals surface area contributed by atoms with E-state index >= 15 is 0 Å². The van der Waals surface area contributed by atoms with E-state index in [0.29, 0.717) is 0 Å². The molecule has 1 saturated carbocycles. The number of thiazole rings is 1. The fraction of sp³-hybridized carbons (Fsp3) is 0.765. The molecule has 22 heavy (non-hydrogen) atoms. The first-order valence-electron chi connectivity index (χ1n) is 8.64. The average molecular weight is 323 g/mol. The Kier molecular flexibility index (Phi) is 7.16. The van der Waals surface area contributed by atoms with Crippen LogP contribution in [0.1, 0.15) is 61.0 Å². The highest BCUT2D eigenvalue weighted by atomic mass is 32.1. The monoisotopic (exact) mass is 322 g/mol. The molecule has 0 saturated heterocycles. The van der Waals surface area contributed by atoms with Crippen LogP contribution in [0.2, 0.25) is 0 Å². The van der Waals surface area contributed by atoms with Crippen molar-refractivity contribution in [3.05, 3.63) is 15.6 Å². The number of nitrogens with one attached hydrogen (secondary N) is 2. The molecule has 1 aliphatic rings. The van der Waals surface area contributed by atoms with E-state index in [0.717, 1.165) is 42.2 Å². The first-order chi connectivity index (χ1) is 10.7. The molecule has 0 bridgehead atoms. The molecule has 1 fully saturated rings. The highest BCUT2D eigenvalue weighted by molar-refractivity contribution is 7.11. The van der Waals surface area contributed by atoms with Crippen molar-refractivity contribution in [3.8, 4) is 0 Å². The number of hydrogen-bond acceptors (Lipinski definition) is 3. The van der Waals surface area contributed by atoms with Crippen molar-refractivity contribution in [2.24, 2.45) is 10.9 Å². The quantitative estimate of drug-likeness (QED) is 0.456. The number of aromatic nitrogens is 1. The number of guanidine groups is 1. The summed E-state index contributed by atoms with van der Waals surface area (Å²) in [6, 6.07) is 0. The SMILES string of the molecule is CCNC(=NCc1sc(C)nc1C)NCCCC1CCCC1. The molecular formula is C17H30N4S. The molecule has 124 valence electrons. The Labute approximate surface area is 138 Å². The van der Waals surface area contributed by atoms with Crippen LogP contribution < -0.4 is 10.6 Å². The average Bonchev–Trinajstić information content (AvgIpc) is 3.10. The molecule has 0 unspecified atom stereocenters. The van der Waals surface area contributed by atoms with Crippen LogP contribution in [0.5, 0.6) is 0 Å². The molecule has 0 aromatic carbocycles. The second-order valence-corrected chi connectivity index (χ2v) is 7.44. The van der Waals surface area contributed by atoms with Crippen LogP contribution >= 0.6 is 11.3 Å². The number of aliphatic imine (C=N–C) groups is 1. The molecule has 1 aromatic rings. The molecule has 0 atom stereocenters. The van der Waals surface area contributed by atoms with Crippen molar-refractivity contribution in [2.45, 2.75) is 65.8 Å². The second kappa shape index (κ2) is 9.13. The summed E-state index contributed by atoms with van der Waals surface area (Å²) in [4.78, 5) is 10.4. The van der Waals surface area contributed by atoms with Crippen molar-refractivity contribution < 1.29 is 0 Å². The number of nitrogens with zero attached hydrogens (tertiary/aromatic N) is 2. The molecule has 1 aliphatic carbocycles. The van der Waals surface area contributed by atoms with E-state index in [1.54, 1.807) is 11.3 Å². The van der Waals surface area contributed by atoms with Crippen molar-refractivity contribution in [3.63, 3.8) is 0 Å². The van der Waals surface area contributed by atoms with Gasteiger partial charge in [-0.2, -0.15) is 0 Å². The molecule has 2 N–H and O–H groups in total. The maximum atomic E-state index is 4.69. The third-order valence-electron chi connectivity index (χ3n) is 4.28. The molecule has 4 nitrogen and oxygen atoms in total. The first-order valence-corrected chi connectivity index (χ1v) is 9.45. The van der Waals surface area contributed by atoms with Gasteiger partial charge in [-0.3, -0.25) is 0 Å². The Bertz CT molecular complexity index is 475. The van der Waals surface area contributed by atoms with Gasteiger partial charge in [-0.1, -0.05) is 25.7 Å². The van der Waals surface area contributed by atoms with E-state index in [1.165, 1.54) is 43.4 Å². The normalized spacial score (nSPS) is 16.2. The minimum absolute atomic E-state index is 0.718. The van der Waals surface area contributed by atoms with Crippen LogP contribution in [0.15, 0.2) is 4.99 Å². The van der Waals surface area contributed by atoms with Crippen molar-refractivity contribution >= 4 is 17.3 Å². The van der Waals surface area contributed by atoms with Crippen molar-refractivity contribution in [1.82, 2.24) is 15.6 Å². The largest absolute Gasteiger partial charge is 0.357 e. The van der Waals surface area contributed by atoms with Gasteiger partial charge < -0.3 is 10.6 Å². The van der Waals surface area contributed by atoms with Gasteiger partial charge in [-0.25, -0.2) is 9.98 Å². The summed E-state index contributed by atoms with van der Waals surface area (Å²) >= 11 is 1.75. The lowest BCUT2D eigenvalue weighted by atomic mass is 10.0. The van der Waals surface area contributed by atoms with E-state index in [9.17, 15) is 0 Å². The van der Waals surface area contributed by atoms with Gasteiger partial charge in [0.15, 0.2) is 5.96 Å². The molecule has 1 heterocycles. The van der Waals surface area contributed by atoms with Gasteiger partial charge in [0.25, 0.3) is 0 Å². The van der Waals surface area contributed by atoms with Crippen LogP contribution in [0.4, 0.5) is 0 Å². The lowest BCUT2D eigenvalue weighted by molar-refractivity contribution is 0.481. The number of rotatable bonds is 7. The highest BCUT2D eigenvalue weighted by Crippen LogP contribution is 2.28. The minimum atomic E-state index is 0.718. The fourth-order valence-corrected chi connectivity index (χ4v) is 3.97. The van der Waals surface area contributed by atoms with Crippen LogP contribution in [0, 0.1) is 19.8 Å². The van der Waals surface area contributed by atoms with E-state index in [-0.39, 0.29) is 0 Å². The standard InChI is InChI=1S/C17H30N4S/c1-4-18-17(19-11-7-10-15-8-5-6-9-15)20-12-16-13(2)21-14(3)22-16/h15H,4-12H2,1-3H3,(H2,18,19,20). The summed E-state index contributed by atoms with van der Waals surface area (Å²) < 4.78 is 0. The maximum Gasteiger partial charge on any atom is 0.191 e. The second-order valence-electron chi connectivity index (χ2n) is 6.16. The van der Waals surface area contributed by atoms with Gasteiger partial charge in [-0.15, -0.1) is 11.3 Å². The first kappa shape index (κ1) is 17.3. The Morgan fingerprint density at radius 2 is 2.05 bits per heavy atom. The smallest absolute Gasteiger partial charge is 0.191 e. The Morgan fingerprint density at radius 3 is 2.68 bits per heavy atom. The minimum Gasteiger partial charge on any atom is -0.357 e. The lowest BCUT2D eigenvalue weighted by Gasteiger charge is -2.12. The maximum absolute atomic E-state index is 4.69. The third-order valence-corrected chi connectivity index (χ3v) is 5.34. The highest BCUT2D eigenvalue weighted by Gasteiger charge is 2.14. The van der Waals surface area contributed by atoms with Gasteiger partial charge in [0.2, 0.25) is 0 Å². The Balaban J connectivity index is 1.75. The third kappa shape index (κ3) is 5.59. The summed E-state index contributed by atoms with van der Waals surface area (Å²) in [7, 11) is 0. The Hall–Kier alpha value is -1.10. The molecular weight excluding hydrogens is 292 g/mol. The zero-order valence-corrected chi connectivity index (χ0v) is 15.1. The van der Waals surface area contributed by atoms with Crippen molar-refractivity contribution in [1.29, 1.82) is 0 Å². The number of aryl methyl sites for hydroxylation is 2. The van der Waals surface area contributed by atoms with E-state index in [4.69, 9.17) is 4.99 Å². The molecule has 0 aliphatic heterocycles. The van der Waals surface area contributed by atoms with Crippen LogP contribution in [-0.4, -0.2) is 24.0 Å². The van der Waals surface area contributed by atoms with Gasteiger partial charge >= 0.3 is 0 Å². The van der Waals surface area contributed by atoms with Gasteiger partial charge in [0, 0.05) is 18.0 Å². The zero-order chi connectivity index (χ0) is 15.8. The summed E-state index contributed by atoms with van der Waals surface area (Å²) in [5.74, 6) is 1.91. The summed E-state index contributed by atoms with van der Waals surface area (Å²) in [6.45, 7) is 8.86. The molecule has 5 heteroatoms. The molecule has 0 radical (unpaired) electrons. The van der Waals surface area contributed by atoms with E-state index in [2.05, 4.69) is 36.4 Å². The van der Waals surface area contributed by atoms with Crippen LogP contribution in [0.25, 0.3) is 0 Å². The van der Waals surface area contributed by atoms with Crippen LogP contribution in [-0.2, 0) is 6.54 Å². The topological polar surface area (TPSA) is 49.3 Å². The van der Waals surface area contributed by atoms with E-state index < -0.39 is 0 Å². The molecule has 0 spiro atoms. The summed E-state index contributed by atoms with van der Waals surface area (Å²) in [5, 5.41) is 7.92. The number of hydrogen-bond donors (Lipinski definition) is 2. The lowest BCUT2D eigenvalue weighted by Crippen LogP contribution is -2.37.